The smallest absolute Gasteiger partial charge is 0.119 e. The first kappa shape index (κ1) is 21.0. The van der Waals surface area contributed by atoms with E-state index in [1.807, 2.05) is 43.3 Å². The van der Waals surface area contributed by atoms with Crippen molar-refractivity contribution in [3.05, 3.63) is 52.6 Å². The molecule has 1 fully saturated rings. The lowest BCUT2D eigenvalue weighted by atomic mass is 9.91. The second kappa shape index (κ2) is 10.1. The molecule has 4 atom stereocenters. The molecule has 0 spiro atoms. The Morgan fingerprint density at radius 1 is 1.25 bits per heavy atom. The number of allylic oxidation sites excluding steroid dienone is 3. The van der Waals surface area contributed by atoms with Gasteiger partial charge < -0.3 is 19.7 Å². The lowest BCUT2D eigenvalue weighted by molar-refractivity contribution is -0.109. The van der Waals surface area contributed by atoms with Gasteiger partial charge in [-0.05, 0) is 43.5 Å². The highest BCUT2D eigenvalue weighted by atomic mass is 35.5. The summed E-state index contributed by atoms with van der Waals surface area (Å²) in [6.07, 6.45) is 5.34. The molecular formula is C23H27ClO4. The molecule has 2 N–H and O–H groups in total. The highest BCUT2D eigenvalue weighted by Crippen LogP contribution is 2.29. The van der Waals surface area contributed by atoms with Crippen LogP contribution >= 0.6 is 11.6 Å². The van der Waals surface area contributed by atoms with E-state index in [4.69, 9.17) is 26.2 Å². The minimum atomic E-state index is -0.430. The first-order valence-electron chi connectivity index (χ1n) is 9.83. The van der Waals surface area contributed by atoms with Crippen LogP contribution < -0.4 is 4.74 Å². The number of hydrogen-bond acceptors (Lipinski definition) is 4. The Hall–Kier alpha value is -1.77. The van der Waals surface area contributed by atoms with Crippen molar-refractivity contribution in [3.8, 4) is 17.6 Å². The molecule has 150 valence electrons. The van der Waals surface area contributed by atoms with Crippen molar-refractivity contribution < 1.29 is 19.7 Å². The Bertz CT molecular complexity index is 772. The first-order chi connectivity index (χ1) is 13.6. The molecule has 0 radical (unpaired) electrons. The molecule has 5 heteroatoms. The summed E-state index contributed by atoms with van der Waals surface area (Å²) in [5, 5.41) is 20.0. The zero-order valence-electron chi connectivity index (χ0n) is 16.1. The van der Waals surface area contributed by atoms with Crippen molar-refractivity contribution in [2.45, 2.75) is 50.9 Å². The Kier molecular flexibility index (Phi) is 7.58. The summed E-state index contributed by atoms with van der Waals surface area (Å²) in [4.78, 5) is 0. The summed E-state index contributed by atoms with van der Waals surface area (Å²) >= 11 is 6.47. The molecule has 0 bridgehead atoms. The lowest BCUT2D eigenvalue weighted by Gasteiger charge is -2.34. The van der Waals surface area contributed by atoms with Crippen molar-refractivity contribution in [2.75, 3.05) is 13.2 Å². The maximum Gasteiger partial charge on any atom is 0.119 e. The zero-order valence-corrected chi connectivity index (χ0v) is 16.9. The van der Waals surface area contributed by atoms with Gasteiger partial charge in [-0.2, -0.15) is 0 Å². The Morgan fingerprint density at radius 3 is 2.75 bits per heavy atom. The van der Waals surface area contributed by atoms with E-state index in [0.29, 0.717) is 37.3 Å². The van der Waals surface area contributed by atoms with E-state index < -0.39 is 6.10 Å². The summed E-state index contributed by atoms with van der Waals surface area (Å²) in [7, 11) is 0. The van der Waals surface area contributed by atoms with Crippen molar-refractivity contribution in [1.82, 2.24) is 0 Å². The summed E-state index contributed by atoms with van der Waals surface area (Å²) < 4.78 is 11.5. The van der Waals surface area contributed by atoms with Gasteiger partial charge in [0.25, 0.3) is 0 Å². The number of benzene rings is 1. The van der Waals surface area contributed by atoms with Gasteiger partial charge in [0.1, 0.15) is 5.75 Å². The van der Waals surface area contributed by atoms with E-state index in [-0.39, 0.29) is 24.7 Å². The fraction of sp³-hybridized carbons (Fsp3) is 0.478. The molecule has 4 nitrogen and oxygen atoms in total. The number of ether oxygens (including phenoxy) is 2. The summed E-state index contributed by atoms with van der Waals surface area (Å²) in [5.74, 6) is 7.20. The van der Waals surface area contributed by atoms with Crippen molar-refractivity contribution in [2.24, 2.45) is 5.92 Å². The number of rotatable bonds is 7. The van der Waals surface area contributed by atoms with Crippen LogP contribution in [0.4, 0.5) is 0 Å². The molecule has 1 aromatic carbocycles. The summed E-state index contributed by atoms with van der Waals surface area (Å²) in [5.41, 5.74) is 1.98. The minimum absolute atomic E-state index is 0.0515. The second-order valence-corrected chi connectivity index (χ2v) is 7.58. The minimum Gasteiger partial charge on any atom is -0.494 e. The predicted octanol–water partition coefficient (Wildman–Crippen LogP) is 3.60. The van der Waals surface area contributed by atoms with Gasteiger partial charge in [0.2, 0.25) is 0 Å². The highest BCUT2D eigenvalue weighted by molar-refractivity contribution is 6.31. The van der Waals surface area contributed by atoms with Crippen LogP contribution in [0.3, 0.4) is 0 Å². The molecule has 1 aliphatic carbocycles. The Labute approximate surface area is 171 Å². The first-order valence-corrected chi connectivity index (χ1v) is 10.2. The van der Waals surface area contributed by atoms with Crippen LogP contribution in [0, 0.1) is 17.8 Å². The second-order valence-electron chi connectivity index (χ2n) is 7.17. The Balaban J connectivity index is 1.69. The fourth-order valence-electron chi connectivity index (χ4n) is 3.57. The molecule has 1 aliphatic heterocycles. The molecule has 1 saturated heterocycles. The molecule has 3 rings (SSSR count). The standard InChI is InChI=1S/C23H27ClO4/c1-2-27-20-8-3-16(4-9-20)13-18-6-5-17(7-10-22(18)24)23-15-19(26)14-21(28-23)11-12-25/h3-4,7-10,17,19,21,23,25-26H,2,11-15H2,1H3. The third kappa shape index (κ3) is 5.62. The molecule has 0 aromatic heterocycles. The third-order valence-corrected chi connectivity index (χ3v) is 5.36. The van der Waals surface area contributed by atoms with Crippen LogP contribution in [0.5, 0.6) is 5.75 Å². The van der Waals surface area contributed by atoms with Crippen LogP contribution in [-0.2, 0) is 11.2 Å². The average molecular weight is 403 g/mol. The number of hydrogen-bond donors (Lipinski definition) is 2. The van der Waals surface area contributed by atoms with Crippen LogP contribution in [0.2, 0.25) is 0 Å². The Morgan fingerprint density at radius 2 is 2.04 bits per heavy atom. The zero-order chi connectivity index (χ0) is 19.9. The van der Waals surface area contributed by atoms with E-state index in [9.17, 15) is 5.11 Å². The van der Waals surface area contributed by atoms with Gasteiger partial charge in [-0.15, -0.1) is 0 Å². The molecule has 4 unspecified atom stereocenters. The van der Waals surface area contributed by atoms with Gasteiger partial charge in [0, 0.05) is 25.0 Å². The van der Waals surface area contributed by atoms with E-state index in [1.54, 1.807) is 0 Å². The van der Waals surface area contributed by atoms with Gasteiger partial charge >= 0.3 is 0 Å². The summed E-state index contributed by atoms with van der Waals surface area (Å²) in [6.45, 7) is 2.66. The third-order valence-electron chi connectivity index (χ3n) is 5.00. The van der Waals surface area contributed by atoms with E-state index in [2.05, 4.69) is 11.8 Å². The maximum atomic E-state index is 10.2. The number of aliphatic hydroxyl groups is 2. The SMILES string of the molecule is CCOc1ccc(CC2=C(Cl)C=CC(C3CC(O)CC(CCO)O3)C#C2)cc1. The van der Waals surface area contributed by atoms with Gasteiger partial charge in [-0.3, -0.25) is 0 Å². The molecular weight excluding hydrogens is 376 g/mol. The normalized spacial score (nSPS) is 27.1. The number of halogens is 1. The highest BCUT2D eigenvalue weighted by Gasteiger charge is 2.32. The van der Waals surface area contributed by atoms with Gasteiger partial charge in [0.05, 0.1) is 35.9 Å². The van der Waals surface area contributed by atoms with E-state index in [1.165, 1.54) is 0 Å². The molecule has 0 saturated carbocycles. The monoisotopic (exact) mass is 402 g/mol. The van der Waals surface area contributed by atoms with Crippen molar-refractivity contribution in [3.63, 3.8) is 0 Å². The summed E-state index contributed by atoms with van der Waals surface area (Å²) in [6, 6.07) is 7.95. The van der Waals surface area contributed by atoms with Crippen LogP contribution in [0.1, 0.15) is 31.7 Å². The topological polar surface area (TPSA) is 58.9 Å². The number of aliphatic hydroxyl groups excluding tert-OH is 2. The quantitative estimate of drug-likeness (QED) is 0.684. The van der Waals surface area contributed by atoms with Crippen molar-refractivity contribution >= 4 is 11.6 Å². The molecule has 1 heterocycles. The van der Waals surface area contributed by atoms with Crippen LogP contribution in [-0.4, -0.2) is 41.7 Å². The van der Waals surface area contributed by atoms with Gasteiger partial charge in [-0.1, -0.05) is 41.7 Å². The van der Waals surface area contributed by atoms with Gasteiger partial charge in [0.15, 0.2) is 0 Å². The van der Waals surface area contributed by atoms with Crippen molar-refractivity contribution in [1.29, 1.82) is 0 Å². The molecule has 2 aliphatic rings. The molecule has 1 aromatic rings. The van der Waals surface area contributed by atoms with E-state index in [0.717, 1.165) is 16.9 Å². The molecule has 0 amide bonds. The van der Waals surface area contributed by atoms with Crippen LogP contribution in [0.15, 0.2) is 47.0 Å². The van der Waals surface area contributed by atoms with Gasteiger partial charge in [-0.25, -0.2) is 0 Å². The molecule has 28 heavy (non-hydrogen) atoms. The van der Waals surface area contributed by atoms with E-state index >= 15 is 0 Å². The lowest BCUT2D eigenvalue weighted by Crippen LogP contribution is -2.39. The van der Waals surface area contributed by atoms with Crippen LogP contribution in [0.25, 0.3) is 0 Å². The fourth-order valence-corrected chi connectivity index (χ4v) is 3.76. The maximum absolute atomic E-state index is 10.2. The predicted molar refractivity (Wildman–Crippen MR) is 110 cm³/mol. The largest absolute Gasteiger partial charge is 0.494 e. The average Bonchev–Trinajstić information content (AvgIpc) is 2.85.